The number of pyridine rings is 1. The summed E-state index contributed by atoms with van der Waals surface area (Å²) in [5.74, 6) is 2.96. The number of hydrogen-bond acceptors (Lipinski definition) is 6. The summed E-state index contributed by atoms with van der Waals surface area (Å²) in [6.07, 6.45) is 2.45. The van der Waals surface area contributed by atoms with Gasteiger partial charge in [-0.1, -0.05) is 6.92 Å². The molecule has 2 atom stereocenters. The Kier molecular flexibility index (Phi) is 5.38. The summed E-state index contributed by atoms with van der Waals surface area (Å²) >= 11 is 0. The average molecular weight is 445 g/mol. The molecule has 0 bridgehead atoms. The smallest absolute Gasteiger partial charge is 0.356 e. The summed E-state index contributed by atoms with van der Waals surface area (Å²) in [6, 6.07) is 4.45. The molecule has 5 rings (SSSR count). The standard InChI is InChI=1S/C22H26F3N7/c1-15-4-2-8-30(11-15)19-10-20(27-14-26-19)31-9-3-5-16(12-31)21-29-28-18-7-6-17(13-32(18)21)22(23,24)25/h6-7,10,13-16H,2-5,8-9,11-12H2,1H3. The Morgan fingerprint density at radius 3 is 2.38 bits per heavy atom. The summed E-state index contributed by atoms with van der Waals surface area (Å²) in [6.45, 7) is 5.72. The molecule has 7 nitrogen and oxygen atoms in total. The molecule has 10 heteroatoms. The second-order valence-corrected chi connectivity index (χ2v) is 8.91. The molecule has 3 aromatic heterocycles. The first-order valence-electron chi connectivity index (χ1n) is 11.1. The summed E-state index contributed by atoms with van der Waals surface area (Å²) in [5, 5.41) is 8.34. The van der Waals surface area contributed by atoms with Crippen molar-refractivity contribution < 1.29 is 13.2 Å². The van der Waals surface area contributed by atoms with Crippen molar-refractivity contribution in [3.8, 4) is 0 Å². The molecule has 0 aliphatic carbocycles. The first-order chi connectivity index (χ1) is 15.4. The molecule has 32 heavy (non-hydrogen) atoms. The Balaban J connectivity index is 1.39. The van der Waals surface area contributed by atoms with Gasteiger partial charge in [-0.25, -0.2) is 9.97 Å². The highest BCUT2D eigenvalue weighted by atomic mass is 19.4. The molecule has 2 aliphatic heterocycles. The van der Waals surface area contributed by atoms with Crippen LogP contribution in [0.5, 0.6) is 0 Å². The van der Waals surface area contributed by atoms with Crippen LogP contribution in [0.15, 0.2) is 30.7 Å². The zero-order valence-corrected chi connectivity index (χ0v) is 18.0. The van der Waals surface area contributed by atoms with Gasteiger partial charge in [-0.3, -0.25) is 4.40 Å². The largest absolute Gasteiger partial charge is 0.417 e. The number of alkyl halides is 3. The van der Waals surface area contributed by atoms with E-state index in [9.17, 15) is 13.2 Å². The van der Waals surface area contributed by atoms with Crippen molar-refractivity contribution in [2.75, 3.05) is 36.0 Å². The molecule has 0 N–H and O–H groups in total. The summed E-state index contributed by atoms with van der Waals surface area (Å²) in [4.78, 5) is 13.5. The molecule has 2 aliphatic rings. The Morgan fingerprint density at radius 1 is 0.938 bits per heavy atom. The van der Waals surface area contributed by atoms with E-state index in [1.54, 1.807) is 6.33 Å². The fourth-order valence-corrected chi connectivity index (χ4v) is 4.83. The Labute approximate surface area is 184 Å². The van der Waals surface area contributed by atoms with E-state index in [-0.39, 0.29) is 5.92 Å². The molecular formula is C22H26F3N7. The molecule has 0 radical (unpaired) electrons. The molecular weight excluding hydrogens is 419 g/mol. The average Bonchev–Trinajstić information content (AvgIpc) is 3.22. The fraction of sp³-hybridized carbons (Fsp3) is 0.545. The minimum absolute atomic E-state index is 0.0318. The number of anilines is 2. The zero-order chi connectivity index (χ0) is 22.3. The lowest BCUT2D eigenvalue weighted by Gasteiger charge is -2.34. The quantitative estimate of drug-likeness (QED) is 0.603. The van der Waals surface area contributed by atoms with E-state index in [1.807, 2.05) is 6.07 Å². The first-order valence-corrected chi connectivity index (χ1v) is 11.1. The number of hydrogen-bond donors (Lipinski definition) is 0. The van der Waals surface area contributed by atoms with Gasteiger partial charge in [0.25, 0.3) is 0 Å². The maximum Gasteiger partial charge on any atom is 0.417 e. The molecule has 3 aromatic rings. The third kappa shape index (κ3) is 4.10. The van der Waals surface area contributed by atoms with Crippen LogP contribution in [-0.4, -0.2) is 50.7 Å². The van der Waals surface area contributed by atoms with Crippen molar-refractivity contribution in [2.45, 2.75) is 44.7 Å². The van der Waals surface area contributed by atoms with Gasteiger partial charge in [0.1, 0.15) is 23.8 Å². The van der Waals surface area contributed by atoms with Crippen molar-refractivity contribution in [1.29, 1.82) is 0 Å². The highest BCUT2D eigenvalue weighted by Crippen LogP contribution is 2.33. The van der Waals surface area contributed by atoms with Crippen LogP contribution in [0.25, 0.3) is 5.65 Å². The summed E-state index contributed by atoms with van der Waals surface area (Å²) in [7, 11) is 0. The van der Waals surface area contributed by atoms with Crippen LogP contribution < -0.4 is 9.80 Å². The van der Waals surface area contributed by atoms with Crippen LogP contribution in [0.1, 0.15) is 49.9 Å². The van der Waals surface area contributed by atoms with Crippen LogP contribution in [0.4, 0.5) is 24.8 Å². The van der Waals surface area contributed by atoms with E-state index >= 15 is 0 Å². The lowest BCUT2D eigenvalue weighted by atomic mass is 9.97. The van der Waals surface area contributed by atoms with Crippen molar-refractivity contribution in [3.05, 3.63) is 42.1 Å². The van der Waals surface area contributed by atoms with E-state index < -0.39 is 11.7 Å². The Morgan fingerprint density at radius 2 is 1.66 bits per heavy atom. The van der Waals surface area contributed by atoms with Gasteiger partial charge in [-0.05, 0) is 43.7 Å². The molecule has 170 valence electrons. The molecule has 0 spiro atoms. The second kappa shape index (κ2) is 8.22. The van der Waals surface area contributed by atoms with E-state index in [2.05, 4.69) is 36.9 Å². The minimum atomic E-state index is -4.41. The van der Waals surface area contributed by atoms with E-state index in [4.69, 9.17) is 0 Å². The molecule has 0 saturated carbocycles. The zero-order valence-electron chi connectivity index (χ0n) is 18.0. The van der Waals surface area contributed by atoms with Gasteiger partial charge in [-0.15, -0.1) is 10.2 Å². The van der Waals surface area contributed by atoms with Crippen molar-refractivity contribution in [2.24, 2.45) is 5.92 Å². The number of piperidine rings is 2. The predicted octanol–water partition coefficient (Wildman–Crippen LogP) is 4.16. The van der Waals surface area contributed by atoms with Gasteiger partial charge in [-0.2, -0.15) is 13.2 Å². The van der Waals surface area contributed by atoms with E-state index in [0.29, 0.717) is 23.9 Å². The van der Waals surface area contributed by atoms with Gasteiger partial charge >= 0.3 is 6.18 Å². The van der Waals surface area contributed by atoms with Crippen molar-refractivity contribution in [1.82, 2.24) is 24.6 Å². The number of fused-ring (bicyclic) bond motifs is 1. The van der Waals surface area contributed by atoms with Gasteiger partial charge in [0.15, 0.2) is 5.65 Å². The molecule has 5 heterocycles. The predicted molar refractivity (Wildman–Crippen MR) is 115 cm³/mol. The molecule has 0 amide bonds. The minimum Gasteiger partial charge on any atom is -0.356 e. The first kappa shape index (κ1) is 21.0. The van der Waals surface area contributed by atoms with Crippen molar-refractivity contribution >= 4 is 17.3 Å². The van der Waals surface area contributed by atoms with E-state index in [1.165, 1.54) is 16.9 Å². The van der Waals surface area contributed by atoms with Crippen LogP contribution in [0, 0.1) is 5.92 Å². The molecule has 0 aromatic carbocycles. The molecule has 2 unspecified atom stereocenters. The lowest BCUT2D eigenvalue weighted by molar-refractivity contribution is -0.137. The number of rotatable bonds is 3. The van der Waals surface area contributed by atoms with Crippen LogP contribution in [-0.2, 0) is 6.18 Å². The highest BCUT2D eigenvalue weighted by Gasteiger charge is 2.32. The van der Waals surface area contributed by atoms with E-state index in [0.717, 1.165) is 62.8 Å². The van der Waals surface area contributed by atoms with Gasteiger partial charge in [0.05, 0.1) is 5.56 Å². The normalized spacial score (nSPS) is 22.5. The summed E-state index contributed by atoms with van der Waals surface area (Å²) < 4.78 is 41.1. The van der Waals surface area contributed by atoms with Gasteiger partial charge < -0.3 is 9.80 Å². The SMILES string of the molecule is CC1CCCN(c2cc(N3CCCC(c4nnc5ccc(C(F)(F)F)cn45)C3)ncn2)C1. The molecule has 2 saturated heterocycles. The molecule has 2 fully saturated rings. The van der Waals surface area contributed by atoms with Crippen LogP contribution in [0.2, 0.25) is 0 Å². The maximum atomic E-state index is 13.2. The van der Waals surface area contributed by atoms with Crippen molar-refractivity contribution in [3.63, 3.8) is 0 Å². The number of halogens is 3. The Bertz CT molecular complexity index is 1100. The maximum absolute atomic E-state index is 13.2. The monoisotopic (exact) mass is 445 g/mol. The lowest BCUT2D eigenvalue weighted by Crippen LogP contribution is -2.37. The van der Waals surface area contributed by atoms with Crippen LogP contribution in [0.3, 0.4) is 0 Å². The topological polar surface area (TPSA) is 62.5 Å². The number of nitrogens with zero attached hydrogens (tertiary/aromatic N) is 7. The number of aromatic nitrogens is 5. The highest BCUT2D eigenvalue weighted by molar-refractivity contribution is 5.51. The fourth-order valence-electron chi connectivity index (χ4n) is 4.83. The third-order valence-electron chi connectivity index (χ3n) is 6.49. The summed E-state index contributed by atoms with van der Waals surface area (Å²) in [5.41, 5.74) is -0.274. The van der Waals surface area contributed by atoms with Gasteiger partial charge in [0, 0.05) is 44.4 Å². The van der Waals surface area contributed by atoms with Gasteiger partial charge in [0.2, 0.25) is 0 Å². The van der Waals surface area contributed by atoms with Crippen LogP contribution >= 0.6 is 0 Å². The third-order valence-corrected chi connectivity index (χ3v) is 6.49. The Hall–Kier alpha value is -2.91. The second-order valence-electron chi connectivity index (χ2n) is 8.91.